The van der Waals surface area contributed by atoms with Crippen LogP contribution < -0.4 is 14.8 Å². The van der Waals surface area contributed by atoms with Crippen molar-refractivity contribution in [3.05, 3.63) is 53.1 Å². The van der Waals surface area contributed by atoms with Gasteiger partial charge < -0.3 is 14.8 Å². The van der Waals surface area contributed by atoms with Crippen LogP contribution in [0.1, 0.15) is 5.56 Å². The number of nitrogens with one attached hydrogen (secondary N) is 1. The topological polar surface area (TPSA) is 47.6 Å². The first-order chi connectivity index (χ1) is 11.1. The van der Waals surface area contributed by atoms with Gasteiger partial charge in [-0.3, -0.25) is 4.79 Å². The number of carbonyl (C=O) groups is 1. The number of thioether (sulfide) groups is 1. The lowest BCUT2D eigenvalue weighted by molar-refractivity contribution is -0.113. The molecule has 2 aromatic carbocycles. The van der Waals surface area contributed by atoms with E-state index in [-0.39, 0.29) is 5.91 Å². The third-order valence-corrected chi connectivity index (χ3v) is 4.26. The van der Waals surface area contributed by atoms with Crippen LogP contribution in [0, 0.1) is 0 Å². The standard InChI is InChI=1S/C17H18ClNO3S/c1-21-15-7-14(8-16(9-15)22-2)19-17(20)11-23-10-12-4-3-5-13(18)6-12/h3-9H,10-11H2,1-2H3,(H,19,20). The number of carbonyl (C=O) groups excluding carboxylic acids is 1. The zero-order chi connectivity index (χ0) is 16.7. The molecule has 0 bridgehead atoms. The summed E-state index contributed by atoms with van der Waals surface area (Å²) in [6.07, 6.45) is 0. The number of amides is 1. The molecule has 0 aromatic heterocycles. The molecular formula is C17H18ClNO3S. The number of anilines is 1. The Morgan fingerprint density at radius 1 is 1.13 bits per heavy atom. The van der Waals surface area contributed by atoms with Gasteiger partial charge in [0.25, 0.3) is 0 Å². The molecule has 0 saturated carbocycles. The summed E-state index contributed by atoms with van der Waals surface area (Å²) in [5.41, 5.74) is 1.74. The van der Waals surface area contributed by atoms with Crippen LogP contribution in [0.4, 0.5) is 5.69 Å². The van der Waals surface area contributed by atoms with Gasteiger partial charge in [-0.1, -0.05) is 23.7 Å². The summed E-state index contributed by atoms with van der Waals surface area (Å²) in [5.74, 6) is 2.27. The van der Waals surface area contributed by atoms with Gasteiger partial charge in [0.15, 0.2) is 0 Å². The Morgan fingerprint density at radius 3 is 2.43 bits per heavy atom. The van der Waals surface area contributed by atoms with Crippen LogP contribution in [-0.4, -0.2) is 25.9 Å². The van der Waals surface area contributed by atoms with Crippen LogP contribution in [0.5, 0.6) is 11.5 Å². The first kappa shape index (κ1) is 17.5. The van der Waals surface area contributed by atoms with Crippen molar-refractivity contribution in [3.8, 4) is 11.5 Å². The lowest BCUT2D eigenvalue weighted by Crippen LogP contribution is -2.14. The Labute approximate surface area is 145 Å². The zero-order valence-corrected chi connectivity index (χ0v) is 14.5. The molecule has 0 aliphatic heterocycles. The third-order valence-electron chi connectivity index (χ3n) is 3.03. The second-order valence-corrected chi connectivity index (χ2v) is 6.19. The Bertz CT molecular complexity index is 656. The molecule has 122 valence electrons. The quantitative estimate of drug-likeness (QED) is 0.811. The minimum Gasteiger partial charge on any atom is -0.497 e. The van der Waals surface area contributed by atoms with Gasteiger partial charge in [0, 0.05) is 34.7 Å². The van der Waals surface area contributed by atoms with Gasteiger partial charge in [0.05, 0.1) is 20.0 Å². The lowest BCUT2D eigenvalue weighted by Gasteiger charge is -2.10. The number of halogens is 1. The Hall–Kier alpha value is -1.85. The minimum absolute atomic E-state index is 0.0765. The molecule has 0 atom stereocenters. The second-order valence-electron chi connectivity index (χ2n) is 4.77. The van der Waals surface area contributed by atoms with Crippen molar-refractivity contribution in [3.63, 3.8) is 0 Å². The van der Waals surface area contributed by atoms with Gasteiger partial charge in [-0.15, -0.1) is 11.8 Å². The number of ether oxygens (including phenoxy) is 2. The maximum absolute atomic E-state index is 12.0. The molecule has 1 amide bonds. The molecule has 2 aromatic rings. The first-order valence-corrected chi connectivity index (χ1v) is 8.49. The molecule has 0 saturated heterocycles. The minimum atomic E-state index is -0.0765. The molecule has 0 aliphatic carbocycles. The first-order valence-electron chi connectivity index (χ1n) is 6.96. The van der Waals surface area contributed by atoms with Crippen LogP contribution in [0.3, 0.4) is 0 Å². The van der Waals surface area contributed by atoms with Crippen LogP contribution in [0.2, 0.25) is 5.02 Å². The van der Waals surface area contributed by atoms with E-state index in [1.54, 1.807) is 32.4 Å². The largest absolute Gasteiger partial charge is 0.497 e. The maximum atomic E-state index is 12.0. The molecular weight excluding hydrogens is 334 g/mol. The summed E-state index contributed by atoms with van der Waals surface area (Å²) < 4.78 is 10.4. The fraction of sp³-hybridized carbons (Fsp3) is 0.235. The number of methoxy groups -OCH3 is 2. The van der Waals surface area contributed by atoms with Crippen LogP contribution in [0.15, 0.2) is 42.5 Å². The van der Waals surface area contributed by atoms with E-state index in [4.69, 9.17) is 21.1 Å². The fourth-order valence-corrected chi connectivity index (χ4v) is 2.95. The van der Waals surface area contributed by atoms with E-state index in [9.17, 15) is 4.79 Å². The summed E-state index contributed by atoms with van der Waals surface area (Å²) in [6, 6.07) is 12.9. The molecule has 23 heavy (non-hydrogen) atoms. The van der Waals surface area contributed by atoms with Crippen molar-refractivity contribution in [2.45, 2.75) is 5.75 Å². The Balaban J connectivity index is 1.87. The lowest BCUT2D eigenvalue weighted by atomic mass is 10.2. The van der Waals surface area contributed by atoms with Crippen molar-refractivity contribution >= 4 is 35.0 Å². The van der Waals surface area contributed by atoms with E-state index in [1.165, 1.54) is 11.8 Å². The van der Waals surface area contributed by atoms with Gasteiger partial charge in [0.1, 0.15) is 11.5 Å². The van der Waals surface area contributed by atoms with E-state index in [0.29, 0.717) is 28.0 Å². The Kier molecular flexibility index (Phi) is 6.62. The van der Waals surface area contributed by atoms with Gasteiger partial charge in [0.2, 0.25) is 5.91 Å². The average Bonchev–Trinajstić information content (AvgIpc) is 2.54. The normalized spacial score (nSPS) is 10.2. The summed E-state index contributed by atoms with van der Waals surface area (Å²) in [7, 11) is 3.14. The number of hydrogen-bond donors (Lipinski definition) is 1. The number of hydrogen-bond acceptors (Lipinski definition) is 4. The van der Waals surface area contributed by atoms with Crippen LogP contribution >= 0.6 is 23.4 Å². The molecule has 0 fully saturated rings. The number of rotatable bonds is 7. The highest BCUT2D eigenvalue weighted by atomic mass is 35.5. The Morgan fingerprint density at radius 2 is 1.83 bits per heavy atom. The third kappa shape index (κ3) is 5.69. The predicted molar refractivity (Wildman–Crippen MR) is 95.8 cm³/mol. The van der Waals surface area contributed by atoms with Crippen LogP contribution in [-0.2, 0) is 10.5 Å². The highest BCUT2D eigenvalue weighted by Crippen LogP contribution is 2.26. The molecule has 4 nitrogen and oxygen atoms in total. The van der Waals surface area contributed by atoms with Gasteiger partial charge in [-0.05, 0) is 17.7 Å². The van der Waals surface area contributed by atoms with Crippen molar-refractivity contribution in [2.24, 2.45) is 0 Å². The van der Waals surface area contributed by atoms with Crippen molar-refractivity contribution < 1.29 is 14.3 Å². The van der Waals surface area contributed by atoms with E-state index >= 15 is 0 Å². The molecule has 0 radical (unpaired) electrons. The number of benzene rings is 2. The van der Waals surface area contributed by atoms with Crippen molar-refractivity contribution in [2.75, 3.05) is 25.3 Å². The van der Waals surface area contributed by atoms with E-state index in [1.807, 2.05) is 24.3 Å². The molecule has 0 spiro atoms. The SMILES string of the molecule is COc1cc(NC(=O)CSCc2cccc(Cl)c2)cc(OC)c1. The van der Waals surface area contributed by atoms with Crippen LogP contribution in [0.25, 0.3) is 0 Å². The fourth-order valence-electron chi connectivity index (χ4n) is 1.97. The van der Waals surface area contributed by atoms with Gasteiger partial charge in [-0.2, -0.15) is 0 Å². The molecule has 0 heterocycles. The molecule has 0 unspecified atom stereocenters. The summed E-state index contributed by atoms with van der Waals surface area (Å²) in [4.78, 5) is 12.0. The predicted octanol–water partition coefficient (Wildman–Crippen LogP) is 4.23. The second kappa shape index (κ2) is 8.70. The highest BCUT2D eigenvalue weighted by Gasteiger charge is 2.07. The molecule has 0 aliphatic rings. The maximum Gasteiger partial charge on any atom is 0.234 e. The highest BCUT2D eigenvalue weighted by molar-refractivity contribution is 7.99. The van der Waals surface area contributed by atoms with Crippen molar-refractivity contribution in [1.29, 1.82) is 0 Å². The summed E-state index contributed by atoms with van der Waals surface area (Å²) in [5, 5.41) is 3.55. The summed E-state index contributed by atoms with van der Waals surface area (Å²) in [6.45, 7) is 0. The zero-order valence-electron chi connectivity index (χ0n) is 13.0. The average molecular weight is 352 g/mol. The monoisotopic (exact) mass is 351 g/mol. The summed E-state index contributed by atoms with van der Waals surface area (Å²) >= 11 is 7.47. The molecule has 1 N–H and O–H groups in total. The van der Waals surface area contributed by atoms with Crippen molar-refractivity contribution in [1.82, 2.24) is 0 Å². The van der Waals surface area contributed by atoms with E-state index < -0.39 is 0 Å². The smallest absolute Gasteiger partial charge is 0.234 e. The van der Waals surface area contributed by atoms with E-state index in [2.05, 4.69) is 5.32 Å². The van der Waals surface area contributed by atoms with E-state index in [0.717, 1.165) is 11.3 Å². The van der Waals surface area contributed by atoms with Gasteiger partial charge >= 0.3 is 0 Å². The molecule has 6 heteroatoms. The molecule has 2 rings (SSSR count). The van der Waals surface area contributed by atoms with Gasteiger partial charge in [-0.25, -0.2) is 0 Å².